The Balaban J connectivity index is 2.29. The van der Waals surface area contributed by atoms with Gasteiger partial charge in [0.1, 0.15) is 0 Å². The molecule has 2 amide bonds. The number of aromatic amines is 1. The van der Waals surface area contributed by atoms with Crippen LogP contribution in [0.4, 0.5) is 0 Å². The molecule has 7 nitrogen and oxygen atoms in total. The lowest BCUT2D eigenvalue weighted by molar-refractivity contribution is -0.139. The Morgan fingerprint density at radius 2 is 2.12 bits per heavy atom. The molecular formula is C8H11N5O2S. The van der Waals surface area contributed by atoms with Crippen LogP contribution in [0.5, 0.6) is 0 Å². The summed E-state index contributed by atoms with van der Waals surface area (Å²) >= 11 is 4.55. The third-order valence-corrected chi connectivity index (χ3v) is 1.77. The smallest absolute Gasteiger partial charge is 0.309 e. The molecule has 0 spiro atoms. The molecule has 0 saturated heterocycles. The Morgan fingerprint density at radius 1 is 1.44 bits per heavy atom. The highest BCUT2D eigenvalue weighted by Gasteiger charge is 2.12. The molecule has 8 heteroatoms. The zero-order chi connectivity index (χ0) is 12.0. The number of thiocarbonyl (C=S) groups is 1. The van der Waals surface area contributed by atoms with Crippen LogP contribution in [0.25, 0.3) is 0 Å². The van der Waals surface area contributed by atoms with E-state index in [0.29, 0.717) is 5.69 Å². The van der Waals surface area contributed by atoms with Crippen LogP contribution in [0.2, 0.25) is 0 Å². The van der Waals surface area contributed by atoms with Crippen molar-refractivity contribution in [3.8, 4) is 0 Å². The Hall–Kier alpha value is -1.96. The van der Waals surface area contributed by atoms with Crippen molar-refractivity contribution in [3.63, 3.8) is 0 Å². The molecule has 1 rings (SSSR count). The summed E-state index contributed by atoms with van der Waals surface area (Å²) in [6.45, 7) is 0.213. The van der Waals surface area contributed by atoms with Gasteiger partial charge in [0.25, 0.3) is 0 Å². The third-order valence-electron chi connectivity index (χ3n) is 1.62. The summed E-state index contributed by atoms with van der Waals surface area (Å²) in [6.07, 6.45) is 3.03. The van der Waals surface area contributed by atoms with Gasteiger partial charge in [0.05, 0.1) is 30.1 Å². The third kappa shape index (κ3) is 4.05. The van der Waals surface area contributed by atoms with E-state index in [4.69, 9.17) is 5.73 Å². The molecule has 5 N–H and O–H groups in total. The van der Waals surface area contributed by atoms with Gasteiger partial charge in [-0.3, -0.25) is 9.59 Å². The molecule has 86 valence electrons. The van der Waals surface area contributed by atoms with E-state index in [0.717, 1.165) is 0 Å². The minimum atomic E-state index is -0.771. The first-order valence-electron chi connectivity index (χ1n) is 4.41. The fraction of sp³-hybridized carbons (Fsp3) is 0.250. The first-order chi connectivity index (χ1) is 7.59. The quantitative estimate of drug-likeness (QED) is 0.376. The molecule has 1 aromatic rings. The van der Waals surface area contributed by atoms with E-state index in [1.807, 2.05) is 0 Å². The summed E-state index contributed by atoms with van der Waals surface area (Å²) in [4.78, 5) is 29.0. The number of nitrogens with two attached hydrogens (primary N) is 1. The van der Waals surface area contributed by atoms with E-state index in [9.17, 15) is 9.59 Å². The number of amides is 2. The average molecular weight is 241 g/mol. The lowest BCUT2D eigenvalue weighted by Gasteiger charge is -2.04. The van der Waals surface area contributed by atoms with Crippen LogP contribution in [0.1, 0.15) is 5.69 Å². The molecule has 0 aliphatic rings. The highest BCUT2D eigenvalue weighted by molar-refractivity contribution is 7.80. The summed E-state index contributed by atoms with van der Waals surface area (Å²) in [5.41, 5.74) is 5.87. The van der Waals surface area contributed by atoms with Gasteiger partial charge in [-0.2, -0.15) is 0 Å². The number of H-pyrrole nitrogens is 1. The Morgan fingerprint density at radius 3 is 2.69 bits per heavy atom. The van der Waals surface area contributed by atoms with Gasteiger partial charge < -0.3 is 21.4 Å². The van der Waals surface area contributed by atoms with E-state index < -0.39 is 11.8 Å². The minimum absolute atomic E-state index is 0.00560. The monoisotopic (exact) mass is 241 g/mol. The van der Waals surface area contributed by atoms with Crippen LogP contribution < -0.4 is 16.4 Å². The van der Waals surface area contributed by atoms with Crippen molar-refractivity contribution in [2.24, 2.45) is 5.73 Å². The summed E-state index contributed by atoms with van der Waals surface area (Å²) in [7, 11) is 0. The van der Waals surface area contributed by atoms with Gasteiger partial charge >= 0.3 is 11.8 Å². The van der Waals surface area contributed by atoms with E-state index >= 15 is 0 Å². The Kier molecular flexibility index (Phi) is 4.40. The van der Waals surface area contributed by atoms with Crippen LogP contribution in [0, 0.1) is 0 Å². The molecule has 1 heterocycles. The maximum Gasteiger partial charge on any atom is 0.309 e. The van der Waals surface area contributed by atoms with E-state index in [-0.39, 0.29) is 18.1 Å². The Labute approximate surface area is 96.8 Å². The number of hydrogen-bond acceptors (Lipinski definition) is 4. The molecule has 0 atom stereocenters. The minimum Gasteiger partial charge on any atom is -0.392 e. The van der Waals surface area contributed by atoms with Crippen LogP contribution in [0.15, 0.2) is 12.5 Å². The van der Waals surface area contributed by atoms with Gasteiger partial charge in [0, 0.05) is 6.20 Å². The molecule has 0 bridgehead atoms. The van der Waals surface area contributed by atoms with Gasteiger partial charge in [-0.05, 0) is 0 Å². The predicted molar refractivity (Wildman–Crippen MR) is 60.2 cm³/mol. The second kappa shape index (κ2) is 5.81. The van der Waals surface area contributed by atoms with Gasteiger partial charge in [-0.25, -0.2) is 4.98 Å². The highest BCUT2D eigenvalue weighted by atomic mass is 32.1. The summed E-state index contributed by atoms with van der Waals surface area (Å²) < 4.78 is 0. The van der Waals surface area contributed by atoms with E-state index in [1.165, 1.54) is 6.33 Å². The number of carbonyl (C=O) groups is 2. The molecule has 0 aliphatic heterocycles. The van der Waals surface area contributed by atoms with Crippen molar-refractivity contribution >= 4 is 29.0 Å². The van der Waals surface area contributed by atoms with E-state index in [1.54, 1.807) is 6.20 Å². The number of imidazole rings is 1. The fourth-order valence-corrected chi connectivity index (χ4v) is 0.957. The highest BCUT2D eigenvalue weighted by Crippen LogP contribution is 1.88. The van der Waals surface area contributed by atoms with Crippen molar-refractivity contribution in [2.45, 2.75) is 6.54 Å². The zero-order valence-electron chi connectivity index (χ0n) is 8.32. The van der Waals surface area contributed by atoms with Crippen molar-refractivity contribution in [2.75, 3.05) is 6.54 Å². The van der Waals surface area contributed by atoms with Crippen LogP contribution in [-0.2, 0) is 16.1 Å². The van der Waals surface area contributed by atoms with Crippen molar-refractivity contribution in [1.82, 2.24) is 20.6 Å². The van der Waals surface area contributed by atoms with Gasteiger partial charge in [0.15, 0.2) is 0 Å². The molecule has 16 heavy (non-hydrogen) atoms. The lowest BCUT2D eigenvalue weighted by atomic mass is 10.4. The number of nitrogens with one attached hydrogen (secondary N) is 3. The van der Waals surface area contributed by atoms with Gasteiger partial charge in [-0.1, -0.05) is 12.2 Å². The fourth-order valence-electron chi connectivity index (χ4n) is 0.885. The standard InChI is InChI=1S/C8H11N5O2S/c9-6(16)3-12-8(15)7(14)11-2-5-1-10-4-13-5/h1,4H,2-3H2,(H2,9,16)(H,10,13)(H,11,14)(H,12,15). The van der Waals surface area contributed by atoms with Crippen LogP contribution in [0.3, 0.4) is 0 Å². The second-order valence-electron chi connectivity index (χ2n) is 2.91. The maximum absolute atomic E-state index is 11.2. The first-order valence-corrected chi connectivity index (χ1v) is 4.82. The number of hydrogen-bond donors (Lipinski definition) is 4. The van der Waals surface area contributed by atoms with Gasteiger partial charge in [-0.15, -0.1) is 0 Å². The maximum atomic E-state index is 11.2. The normalized spacial score (nSPS) is 9.50. The van der Waals surface area contributed by atoms with Crippen molar-refractivity contribution in [1.29, 1.82) is 0 Å². The number of carbonyl (C=O) groups excluding carboxylic acids is 2. The SMILES string of the molecule is NC(=S)CNC(=O)C(=O)NCc1cnc[nH]1. The molecule has 0 aromatic carbocycles. The van der Waals surface area contributed by atoms with E-state index in [2.05, 4.69) is 32.8 Å². The molecule has 0 radical (unpaired) electrons. The number of nitrogens with zero attached hydrogens (tertiary/aromatic N) is 1. The molecule has 0 saturated carbocycles. The Bertz CT molecular complexity index is 389. The predicted octanol–water partition coefficient (Wildman–Crippen LogP) is -1.57. The molecule has 0 unspecified atom stereocenters. The zero-order valence-corrected chi connectivity index (χ0v) is 9.13. The van der Waals surface area contributed by atoms with Crippen LogP contribution >= 0.6 is 12.2 Å². The molecule has 0 aliphatic carbocycles. The largest absolute Gasteiger partial charge is 0.392 e. The van der Waals surface area contributed by atoms with Crippen molar-refractivity contribution in [3.05, 3.63) is 18.2 Å². The number of aromatic nitrogens is 2. The second-order valence-corrected chi connectivity index (χ2v) is 3.43. The number of rotatable bonds is 4. The molecule has 1 aromatic heterocycles. The summed E-state index contributed by atoms with van der Waals surface area (Å²) in [5, 5.41) is 4.67. The molecule has 0 fully saturated rings. The van der Waals surface area contributed by atoms with Crippen LogP contribution in [-0.4, -0.2) is 33.3 Å². The molecular weight excluding hydrogens is 230 g/mol. The average Bonchev–Trinajstić information content (AvgIpc) is 2.75. The van der Waals surface area contributed by atoms with Gasteiger partial charge in [0.2, 0.25) is 0 Å². The summed E-state index contributed by atoms with van der Waals surface area (Å²) in [5.74, 6) is -1.52. The lowest BCUT2D eigenvalue weighted by Crippen LogP contribution is -2.42. The first kappa shape index (κ1) is 12.1. The summed E-state index contributed by atoms with van der Waals surface area (Å²) in [6, 6.07) is 0. The topological polar surface area (TPSA) is 113 Å². The van der Waals surface area contributed by atoms with Crippen molar-refractivity contribution < 1.29 is 9.59 Å².